The van der Waals surface area contributed by atoms with E-state index in [-0.39, 0.29) is 24.0 Å². The molecule has 2 aromatic rings. The van der Waals surface area contributed by atoms with Crippen LogP contribution >= 0.6 is 0 Å². The molecule has 0 aromatic heterocycles. The molecule has 1 aliphatic rings. The quantitative estimate of drug-likeness (QED) is 0.839. The minimum atomic E-state index is -3.14. The Bertz CT molecular complexity index is 919. The van der Waals surface area contributed by atoms with Gasteiger partial charge in [-0.05, 0) is 36.4 Å². The molecule has 0 saturated carbocycles. The summed E-state index contributed by atoms with van der Waals surface area (Å²) >= 11 is 0. The summed E-state index contributed by atoms with van der Waals surface area (Å²) in [5, 5.41) is 3.94. The van der Waals surface area contributed by atoms with Crippen molar-refractivity contribution in [2.75, 3.05) is 18.2 Å². The number of allylic oxidation sites excluding steroid dienone is 1. The molecule has 0 bridgehead atoms. The van der Waals surface area contributed by atoms with E-state index in [1.807, 2.05) is 18.2 Å². The lowest BCUT2D eigenvalue weighted by Gasteiger charge is -2.11. The smallest absolute Gasteiger partial charge is 0.224 e. The van der Waals surface area contributed by atoms with Gasteiger partial charge in [-0.3, -0.25) is 4.79 Å². The molecule has 6 nitrogen and oxygen atoms in total. The van der Waals surface area contributed by atoms with Crippen LogP contribution < -0.4 is 14.8 Å². The van der Waals surface area contributed by atoms with Crippen LogP contribution in [0.25, 0.3) is 0 Å². The van der Waals surface area contributed by atoms with E-state index in [1.165, 1.54) is 5.41 Å². The summed E-state index contributed by atoms with van der Waals surface area (Å²) in [7, 11) is -1.57. The molecule has 0 saturated heterocycles. The fourth-order valence-corrected chi connectivity index (χ4v) is 4.05. The third kappa shape index (κ3) is 4.64. The minimum Gasteiger partial charge on any atom is -0.493 e. The van der Waals surface area contributed by atoms with Crippen molar-refractivity contribution in [1.29, 1.82) is 0 Å². The summed E-state index contributed by atoms with van der Waals surface area (Å²) < 4.78 is 33.8. The number of rotatable bonds is 6. The molecule has 3 rings (SSSR count). The van der Waals surface area contributed by atoms with Gasteiger partial charge in [-0.15, -0.1) is 0 Å². The molecule has 136 valence electrons. The van der Waals surface area contributed by atoms with Gasteiger partial charge in [0.2, 0.25) is 5.91 Å². The van der Waals surface area contributed by atoms with Crippen LogP contribution in [0.4, 0.5) is 5.69 Å². The standard InChI is InChI=1S/C19H19NO5S/c1-24-17-4-2-3-5-18(17)25-16-8-6-15(7-9-16)20-19(21)12-14-10-11-26(22,23)13-14/h2-11,14H,12-13H2,1H3,(H,20,21). The van der Waals surface area contributed by atoms with E-state index in [4.69, 9.17) is 9.47 Å². The number of carbonyl (C=O) groups excluding carboxylic acids is 1. The van der Waals surface area contributed by atoms with E-state index in [1.54, 1.807) is 43.5 Å². The molecule has 7 heteroatoms. The molecular weight excluding hydrogens is 354 g/mol. The van der Waals surface area contributed by atoms with Gasteiger partial charge < -0.3 is 14.8 Å². The highest BCUT2D eigenvalue weighted by Crippen LogP contribution is 2.31. The normalized spacial score (nSPS) is 17.7. The van der Waals surface area contributed by atoms with Crippen molar-refractivity contribution < 1.29 is 22.7 Å². The van der Waals surface area contributed by atoms with Crippen LogP contribution in [0.2, 0.25) is 0 Å². The second-order valence-corrected chi connectivity index (χ2v) is 7.88. The van der Waals surface area contributed by atoms with E-state index >= 15 is 0 Å². The Morgan fingerprint density at radius 1 is 1.12 bits per heavy atom. The van der Waals surface area contributed by atoms with Crippen LogP contribution in [0, 0.1) is 5.92 Å². The number of sulfone groups is 1. The number of benzene rings is 2. The molecule has 1 heterocycles. The molecule has 0 radical (unpaired) electrons. The zero-order valence-corrected chi connectivity index (χ0v) is 15.0. The van der Waals surface area contributed by atoms with Gasteiger partial charge in [-0.25, -0.2) is 8.42 Å². The van der Waals surface area contributed by atoms with Crippen LogP contribution in [0.1, 0.15) is 6.42 Å². The molecule has 1 aliphatic heterocycles. The van der Waals surface area contributed by atoms with Crippen molar-refractivity contribution in [3.05, 3.63) is 60.0 Å². The number of ether oxygens (including phenoxy) is 2. The summed E-state index contributed by atoms with van der Waals surface area (Å²) in [6.45, 7) is 0. The Morgan fingerprint density at radius 3 is 2.42 bits per heavy atom. The molecule has 0 spiro atoms. The summed E-state index contributed by atoms with van der Waals surface area (Å²) in [6, 6.07) is 14.2. The lowest BCUT2D eigenvalue weighted by Crippen LogP contribution is -2.17. The topological polar surface area (TPSA) is 81.7 Å². The van der Waals surface area contributed by atoms with E-state index in [2.05, 4.69) is 5.32 Å². The van der Waals surface area contributed by atoms with Crippen LogP contribution in [0.3, 0.4) is 0 Å². The number of methoxy groups -OCH3 is 1. The second-order valence-electron chi connectivity index (χ2n) is 5.95. The monoisotopic (exact) mass is 373 g/mol. The predicted molar refractivity (Wildman–Crippen MR) is 99.2 cm³/mol. The Labute approximate surface area is 152 Å². The summed E-state index contributed by atoms with van der Waals surface area (Å²) in [6.07, 6.45) is 1.70. The Kier molecular flexibility index (Phi) is 5.27. The predicted octanol–water partition coefficient (Wildman–Crippen LogP) is 3.37. The molecule has 1 amide bonds. The van der Waals surface area contributed by atoms with Crippen LogP contribution in [-0.4, -0.2) is 27.2 Å². The molecule has 1 atom stereocenters. The van der Waals surface area contributed by atoms with Crippen molar-refractivity contribution >= 4 is 21.4 Å². The average Bonchev–Trinajstić information content (AvgIpc) is 2.95. The van der Waals surface area contributed by atoms with E-state index in [0.717, 1.165) is 0 Å². The molecule has 1 unspecified atom stereocenters. The van der Waals surface area contributed by atoms with Crippen molar-refractivity contribution in [2.45, 2.75) is 6.42 Å². The molecular formula is C19H19NO5S. The van der Waals surface area contributed by atoms with Crippen molar-refractivity contribution in [2.24, 2.45) is 5.92 Å². The van der Waals surface area contributed by atoms with Crippen molar-refractivity contribution in [3.8, 4) is 17.2 Å². The maximum atomic E-state index is 12.1. The third-order valence-electron chi connectivity index (χ3n) is 3.89. The maximum Gasteiger partial charge on any atom is 0.224 e. The zero-order valence-electron chi connectivity index (χ0n) is 14.2. The summed E-state index contributed by atoms with van der Waals surface area (Å²) in [5.41, 5.74) is 0.618. The van der Waals surface area contributed by atoms with E-state index in [9.17, 15) is 13.2 Å². The zero-order chi connectivity index (χ0) is 18.6. The number of amides is 1. The third-order valence-corrected chi connectivity index (χ3v) is 5.35. The SMILES string of the molecule is COc1ccccc1Oc1ccc(NC(=O)CC2C=CS(=O)(=O)C2)cc1. The minimum absolute atomic E-state index is 0.00783. The van der Waals surface area contributed by atoms with E-state index < -0.39 is 9.84 Å². The van der Waals surface area contributed by atoms with Gasteiger partial charge in [0.05, 0.1) is 12.9 Å². The van der Waals surface area contributed by atoms with Gasteiger partial charge >= 0.3 is 0 Å². The summed E-state index contributed by atoms with van der Waals surface area (Å²) in [5.74, 6) is 1.33. The van der Waals surface area contributed by atoms with Gasteiger partial charge in [0.25, 0.3) is 0 Å². The number of hydrogen-bond donors (Lipinski definition) is 1. The maximum absolute atomic E-state index is 12.1. The molecule has 0 aliphatic carbocycles. The number of carbonyl (C=O) groups is 1. The Morgan fingerprint density at radius 2 is 1.81 bits per heavy atom. The first-order valence-electron chi connectivity index (χ1n) is 8.07. The average molecular weight is 373 g/mol. The molecule has 0 fully saturated rings. The first kappa shape index (κ1) is 18.0. The first-order valence-corrected chi connectivity index (χ1v) is 9.78. The number of hydrogen-bond acceptors (Lipinski definition) is 5. The number of anilines is 1. The molecule has 2 aromatic carbocycles. The fourth-order valence-electron chi connectivity index (χ4n) is 2.65. The second kappa shape index (κ2) is 7.61. The highest BCUT2D eigenvalue weighted by atomic mass is 32.2. The fraction of sp³-hybridized carbons (Fsp3) is 0.211. The van der Waals surface area contributed by atoms with Gasteiger partial charge in [0.15, 0.2) is 21.3 Å². The number of para-hydroxylation sites is 2. The Balaban J connectivity index is 1.57. The van der Waals surface area contributed by atoms with Gasteiger partial charge in [0.1, 0.15) is 5.75 Å². The molecule has 26 heavy (non-hydrogen) atoms. The van der Waals surface area contributed by atoms with Gasteiger partial charge in [-0.2, -0.15) is 0 Å². The number of nitrogens with one attached hydrogen (secondary N) is 1. The highest BCUT2D eigenvalue weighted by molar-refractivity contribution is 7.94. The Hall–Kier alpha value is -2.80. The lowest BCUT2D eigenvalue weighted by atomic mass is 10.1. The van der Waals surface area contributed by atoms with Crippen LogP contribution in [-0.2, 0) is 14.6 Å². The first-order chi connectivity index (χ1) is 12.4. The largest absolute Gasteiger partial charge is 0.493 e. The summed E-state index contributed by atoms with van der Waals surface area (Å²) in [4.78, 5) is 12.1. The lowest BCUT2D eigenvalue weighted by molar-refractivity contribution is -0.116. The van der Waals surface area contributed by atoms with Gasteiger partial charge in [0, 0.05) is 23.4 Å². The van der Waals surface area contributed by atoms with Crippen molar-refractivity contribution in [3.63, 3.8) is 0 Å². The van der Waals surface area contributed by atoms with Crippen LogP contribution in [0.15, 0.2) is 60.0 Å². The van der Waals surface area contributed by atoms with Crippen molar-refractivity contribution in [1.82, 2.24) is 0 Å². The highest BCUT2D eigenvalue weighted by Gasteiger charge is 2.23. The van der Waals surface area contributed by atoms with Crippen LogP contribution in [0.5, 0.6) is 17.2 Å². The van der Waals surface area contributed by atoms with E-state index in [0.29, 0.717) is 22.9 Å². The van der Waals surface area contributed by atoms with Gasteiger partial charge in [-0.1, -0.05) is 18.2 Å². The molecule has 1 N–H and O–H groups in total.